The quantitative estimate of drug-likeness (QED) is 0.830. The molecule has 0 saturated heterocycles. The Labute approximate surface area is 121 Å². The van der Waals surface area contributed by atoms with Gasteiger partial charge in [-0.2, -0.15) is 0 Å². The molecule has 1 aliphatic rings. The second-order valence-corrected chi connectivity index (χ2v) is 5.26. The predicted molar refractivity (Wildman–Crippen MR) is 82.2 cm³/mol. The molecule has 0 aromatic heterocycles. The van der Waals surface area contributed by atoms with E-state index in [1.54, 1.807) is 6.26 Å². The summed E-state index contributed by atoms with van der Waals surface area (Å²) in [6.07, 6.45) is 6.32. The number of likely N-dealkylation sites (N-methyl/N-ethyl adjacent to an activating group) is 1. The smallest absolute Gasteiger partial charge is 0.119 e. The largest absolute Gasteiger partial charge is 0.497 e. The molecule has 1 aliphatic heterocycles. The van der Waals surface area contributed by atoms with E-state index >= 15 is 0 Å². The van der Waals surface area contributed by atoms with Crippen LogP contribution >= 0.6 is 0 Å². The summed E-state index contributed by atoms with van der Waals surface area (Å²) in [5, 5.41) is 3.39. The molecule has 0 saturated carbocycles. The van der Waals surface area contributed by atoms with E-state index in [2.05, 4.69) is 16.3 Å². The third-order valence-corrected chi connectivity index (χ3v) is 3.22. The Bertz CT molecular complexity index is 415. The maximum Gasteiger partial charge on any atom is 0.119 e. The highest BCUT2D eigenvalue weighted by Crippen LogP contribution is 2.17. The van der Waals surface area contributed by atoms with Gasteiger partial charge in [-0.15, -0.1) is 0 Å². The zero-order chi connectivity index (χ0) is 14.2. The van der Waals surface area contributed by atoms with Gasteiger partial charge in [0.05, 0.1) is 12.8 Å². The predicted octanol–water partition coefficient (Wildman–Crippen LogP) is 2.73. The molecule has 0 fully saturated rings. The number of hydrogen-bond donors (Lipinski definition) is 1. The maximum atomic E-state index is 5.66. The standard InChI is InChI=1S/C16H24N2O2/c1-18(2)10-12-20-15-8-6-14(7-9-15)17-13-16-5-3-4-11-19-16/h4,6-9,11,16-17H,3,5,10,12-13H2,1-2H3. The van der Waals surface area contributed by atoms with E-state index in [9.17, 15) is 0 Å². The van der Waals surface area contributed by atoms with Gasteiger partial charge in [0, 0.05) is 12.2 Å². The molecular formula is C16H24N2O2. The van der Waals surface area contributed by atoms with Crippen molar-refractivity contribution in [3.8, 4) is 5.75 Å². The van der Waals surface area contributed by atoms with Crippen molar-refractivity contribution in [2.75, 3.05) is 39.1 Å². The Hall–Kier alpha value is -1.68. The lowest BCUT2D eigenvalue weighted by molar-refractivity contribution is 0.135. The zero-order valence-corrected chi connectivity index (χ0v) is 12.3. The summed E-state index contributed by atoms with van der Waals surface area (Å²) >= 11 is 0. The minimum atomic E-state index is 0.274. The van der Waals surface area contributed by atoms with Crippen molar-refractivity contribution >= 4 is 5.69 Å². The highest BCUT2D eigenvalue weighted by atomic mass is 16.5. The average Bonchev–Trinajstić information content (AvgIpc) is 2.47. The van der Waals surface area contributed by atoms with Crippen molar-refractivity contribution in [1.82, 2.24) is 4.90 Å². The van der Waals surface area contributed by atoms with Gasteiger partial charge < -0.3 is 19.7 Å². The van der Waals surface area contributed by atoms with Crippen molar-refractivity contribution in [2.24, 2.45) is 0 Å². The van der Waals surface area contributed by atoms with Crippen LogP contribution < -0.4 is 10.1 Å². The van der Waals surface area contributed by atoms with Gasteiger partial charge >= 0.3 is 0 Å². The van der Waals surface area contributed by atoms with Gasteiger partial charge in [-0.25, -0.2) is 0 Å². The van der Waals surface area contributed by atoms with Crippen LogP contribution in [0.5, 0.6) is 5.75 Å². The zero-order valence-electron chi connectivity index (χ0n) is 12.3. The summed E-state index contributed by atoms with van der Waals surface area (Å²) in [6.45, 7) is 2.47. The molecule has 1 N–H and O–H groups in total. The van der Waals surface area contributed by atoms with E-state index in [1.165, 1.54) is 0 Å². The van der Waals surface area contributed by atoms with E-state index in [0.29, 0.717) is 6.61 Å². The first kappa shape index (κ1) is 14.7. The molecular weight excluding hydrogens is 252 g/mol. The van der Waals surface area contributed by atoms with Crippen LogP contribution in [0.2, 0.25) is 0 Å². The second kappa shape index (κ2) is 7.80. The molecule has 0 radical (unpaired) electrons. The fourth-order valence-corrected chi connectivity index (χ4v) is 1.98. The molecule has 0 bridgehead atoms. The molecule has 1 atom stereocenters. The Morgan fingerprint density at radius 2 is 2.10 bits per heavy atom. The van der Waals surface area contributed by atoms with Gasteiger partial charge in [-0.3, -0.25) is 0 Å². The molecule has 0 amide bonds. The van der Waals surface area contributed by atoms with Gasteiger partial charge in [0.1, 0.15) is 18.5 Å². The van der Waals surface area contributed by atoms with E-state index in [0.717, 1.165) is 37.4 Å². The first-order valence-electron chi connectivity index (χ1n) is 7.16. The normalized spacial score (nSPS) is 17.9. The first-order chi connectivity index (χ1) is 9.74. The van der Waals surface area contributed by atoms with Gasteiger partial charge in [-0.05, 0) is 57.3 Å². The van der Waals surface area contributed by atoms with Crippen LogP contribution in [0, 0.1) is 0 Å². The molecule has 1 aromatic carbocycles. The molecule has 0 aliphatic carbocycles. The lowest BCUT2D eigenvalue weighted by atomic mass is 10.1. The summed E-state index contributed by atoms with van der Waals surface area (Å²) in [5.74, 6) is 0.911. The van der Waals surface area contributed by atoms with Crippen LogP contribution in [0.25, 0.3) is 0 Å². The van der Waals surface area contributed by atoms with E-state index in [1.807, 2.05) is 38.4 Å². The lowest BCUT2D eigenvalue weighted by Crippen LogP contribution is -2.22. The second-order valence-electron chi connectivity index (χ2n) is 5.26. The van der Waals surface area contributed by atoms with E-state index < -0.39 is 0 Å². The van der Waals surface area contributed by atoms with Crippen molar-refractivity contribution in [1.29, 1.82) is 0 Å². The lowest BCUT2D eigenvalue weighted by Gasteiger charge is -2.20. The van der Waals surface area contributed by atoms with Crippen LogP contribution in [0.15, 0.2) is 36.6 Å². The number of anilines is 1. The van der Waals surface area contributed by atoms with E-state index in [4.69, 9.17) is 9.47 Å². The van der Waals surface area contributed by atoms with Gasteiger partial charge in [0.15, 0.2) is 0 Å². The molecule has 4 heteroatoms. The summed E-state index contributed by atoms with van der Waals surface area (Å²) in [7, 11) is 4.08. The number of nitrogens with one attached hydrogen (secondary N) is 1. The van der Waals surface area contributed by atoms with Gasteiger partial charge in [-0.1, -0.05) is 0 Å². The molecule has 20 heavy (non-hydrogen) atoms. The average molecular weight is 276 g/mol. The third kappa shape index (κ3) is 5.13. The topological polar surface area (TPSA) is 33.7 Å². The van der Waals surface area contributed by atoms with Crippen molar-refractivity contribution < 1.29 is 9.47 Å². The summed E-state index contributed by atoms with van der Waals surface area (Å²) in [6, 6.07) is 8.09. The monoisotopic (exact) mass is 276 g/mol. The van der Waals surface area contributed by atoms with Crippen LogP contribution in [-0.4, -0.2) is 44.8 Å². The fraction of sp³-hybridized carbons (Fsp3) is 0.500. The molecule has 2 rings (SSSR count). The molecule has 4 nitrogen and oxygen atoms in total. The molecule has 1 unspecified atom stereocenters. The van der Waals surface area contributed by atoms with Crippen LogP contribution in [-0.2, 0) is 4.74 Å². The summed E-state index contributed by atoms with van der Waals surface area (Å²) < 4.78 is 11.2. The first-order valence-corrected chi connectivity index (χ1v) is 7.16. The number of rotatable bonds is 7. The highest BCUT2D eigenvalue weighted by molar-refractivity contribution is 5.46. The van der Waals surface area contributed by atoms with Crippen molar-refractivity contribution in [3.05, 3.63) is 36.6 Å². The Morgan fingerprint density at radius 1 is 1.30 bits per heavy atom. The fourth-order valence-electron chi connectivity index (χ4n) is 1.98. The van der Waals surface area contributed by atoms with Gasteiger partial charge in [0.2, 0.25) is 0 Å². The molecule has 1 aromatic rings. The Morgan fingerprint density at radius 3 is 2.75 bits per heavy atom. The maximum absolute atomic E-state index is 5.66. The minimum Gasteiger partial charge on any atom is -0.497 e. The van der Waals surface area contributed by atoms with Crippen molar-refractivity contribution in [2.45, 2.75) is 18.9 Å². The van der Waals surface area contributed by atoms with Crippen LogP contribution in [0.1, 0.15) is 12.8 Å². The number of benzene rings is 1. The Kier molecular flexibility index (Phi) is 5.74. The summed E-state index contributed by atoms with van der Waals surface area (Å²) in [5.41, 5.74) is 1.10. The minimum absolute atomic E-state index is 0.274. The molecule has 1 heterocycles. The number of nitrogens with zero attached hydrogens (tertiary/aromatic N) is 1. The van der Waals surface area contributed by atoms with Crippen LogP contribution in [0.4, 0.5) is 5.69 Å². The number of hydrogen-bond acceptors (Lipinski definition) is 4. The SMILES string of the molecule is CN(C)CCOc1ccc(NCC2CCC=CO2)cc1. The summed E-state index contributed by atoms with van der Waals surface area (Å²) in [4.78, 5) is 2.11. The van der Waals surface area contributed by atoms with Crippen LogP contribution in [0.3, 0.4) is 0 Å². The molecule has 110 valence electrons. The van der Waals surface area contributed by atoms with Gasteiger partial charge in [0.25, 0.3) is 0 Å². The van der Waals surface area contributed by atoms with E-state index in [-0.39, 0.29) is 6.10 Å². The molecule has 0 spiro atoms. The Balaban J connectivity index is 1.72. The third-order valence-electron chi connectivity index (χ3n) is 3.22. The number of allylic oxidation sites excluding steroid dienone is 1. The highest BCUT2D eigenvalue weighted by Gasteiger charge is 2.10. The van der Waals surface area contributed by atoms with Crippen molar-refractivity contribution in [3.63, 3.8) is 0 Å². The number of ether oxygens (including phenoxy) is 2.